The summed E-state index contributed by atoms with van der Waals surface area (Å²) >= 11 is 0. The van der Waals surface area contributed by atoms with Gasteiger partial charge in [-0.3, -0.25) is 9.59 Å². The monoisotopic (exact) mass is 351 g/mol. The summed E-state index contributed by atoms with van der Waals surface area (Å²) in [6, 6.07) is 5.92. The largest absolute Gasteiger partial charge is 0.481 e. The van der Waals surface area contributed by atoms with Gasteiger partial charge in [-0.25, -0.2) is 0 Å². The van der Waals surface area contributed by atoms with E-state index in [1.165, 1.54) is 7.11 Å². The molecule has 1 amide bonds. The molecule has 0 fully saturated rings. The van der Waals surface area contributed by atoms with Gasteiger partial charge in [0.05, 0.1) is 18.6 Å². The van der Waals surface area contributed by atoms with Crippen LogP contribution in [0.5, 0.6) is 5.75 Å². The van der Waals surface area contributed by atoms with Crippen molar-refractivity contribution in [2.45, 2.75) is 58.6 Å². The Bertz CT molecular complexity index is 614. The predicted octanol–water partition coefficient (Wildman–Crippen LogP) is 2.88. The number of hydrogen-bond acceptors (Lipinski definition) is 4. The molecular formula is C19H29NO5. The van der Waals surface area contributed by atoms with Gasteiger partial charge in [-0.15, -0.1) is 0 Å². The molecule has 0 aliphatic heterocycles. The van der Waals surface area contributed by atoms with Gasteiger partial charge in [-0.05, 0) is 43.9 Å². The van der Waals surface area contributed by atoms with Gasteiger partial charge < -0.3 is 19.9 Å². The van der Waals surface area contributed by atoms with Crippen molar-refractivity contribution in [1.29, 1.82) is 0 Å². The Hall–Kier alpha value is -2.08. The van der Waals surface area contributed by atoms with E-state index in [0.717, 1.165) is 11.1 Å². The van der Waals surface area contributed by atoms with E-state index in [4.69, 9.17) is 14.6 Å². The number of carbonyl (C=O) groups is 2. The minimum atomic E-state index is -1.01. The molecule has 140 valence electrons. The zero-order chi connectivity index (χ0) is 19.2. The molecule has 0 aromatic heterocycles. The number of ether oxygens (including phenoxy) is 2. The van der Waals surface area contributed by atoms with Crippen LogP contribution in [0.1, 0.15) is 51.2 Å². The fraction of sp³-hybridized carbons (Fsp3) is 0.579. The maximum absolute atomic E-state index is 12.5. The SMILES string of the molecule is COCC(C)(CC(=O)O)NC(=O)C(C)Oc1cc(C)ccc1C(C)C. The lowest BCUT2D eigenvalue weighted by Gasteiger charge is -2.30. The van der Waals surface area contributed by atoms with Gasteiger partial charge in [0.15, 0.2) is 6.10 Å². The lowest BCUT2D eigenvalue weighted by molar-refractivity contribution is -0.140. The highest BCUT2D eigenvalue weighted by Crippen LogP contribution is 2.28. The van der Waals surface area contributed by atoms with E-state index in [2.05, 4.69) is 19.2 Å². The number of carboxylic acids is 1. The number of aliphatic carboxylic acids is 1. The highest BCUT2D eigenvalue weighted by atomic mass is 16.5. The topological polar surface area (TPSA) is 84.9 Å². The minimum Gasteiger partial charge on any atom is -0.481 e. The highest BCUT2D eigenvalue weighted by molar-refractivity contribution is 5.82. The van der Waals surface area contributed by atoms with Gasteiger partial charge >= 0.3 is 5.97 Å². The summed E-state index contributed by atoms with van der Waals surface area (Å²) < 4.78 is 10.9. The number of carboxylic acid groups (broad SMARTS) is 1. The zero-order valence-electron chi connectivity index (χ0n) is 15.9. The molecule has 0 aliphatic carbocycles. The number of carbonyl (C=O) groups excluding carboxylic acids is 1. The van der Waals surface area contributed by atoms with E-state index in [-0.39, 0.29) is 24.9 Å². The highest BCUT2D eigenvalue weighted by Gasteiger charge is 2.32. The summed E-state index contributed by atoms with van der Waals surface area (Å²) in [5.41, 5.74) is 1.07. The van der Waals surface area contributed by atoms with Gasteiger partial charge in [0.1, 0.15) is 5.75 Å². The molecule has 0 heterocycles. The van der Waals surface area contributed by atoms with Crippen molar-refractivity contribution < 1.29 is 24.2 Å². The first-order valence-electron chi connectivity index (χ1n) is 8.38. The van der Waals surface area contributed by atoms with Crippen molar-refractivity contribution in [2.24, 2.45) is 0 Å². The average Bonchev–Trinajstić information content (AvgIpc) is 2.45. The van der Waals surface area contributed by atoms with E-state index in [1.54, 1.807) is 13.8 Å². The molecule has 0 bridgehead atoms. The van der Waals surface area contributed by atoms with Crippen LogP contribution in [0.4, 0.5) is 0 Å². The van der Waals surface area contributed by atoms with E-state index in [9.17, 15) is 9.59 Å². The van der Waals surface area contributed by atoms with Crippen LogP contribution in [0.25, 0.3) is 0 Å². The lowest BCUT2D eigenvalue weighted by Crippen LogP contribution is -2.54. The molecule has 25 heavy (non-hydrogen) atoms. The minimum absolute atomic E-state index is 0.0967. The van der Waals surface area contributed by atoms with Crippen LogP contribution in [0, 0.1) is 6.92 Å². The molecule has 1 aromatic rings. The van der Waals surface area contributed by atoms with Crippen molar-refractivity contribution >= 4 is 11.9 Å². The van der Waals surface area contributed by atoms with Crippen molar-refractivity contribution in [3.05, 3.63) is 29.3 Å². The summed E-state index contributed by atoms with van der Waals surface area (Å²) in [6.45, 7) is 9.47. The van der Waals surface area contributed by atoms with Crippen molar-refractivity contribution in [2.75, 3.05) is 13.7 Å². The Morgan fingerprint density at radius 3 is 2.44 bits per heavy atom. The van der Waals surface area contributed by atoms with E-state index in [0.29, 0.717) is 5.75 Å². The smallest absolute Gasteiger partial charge is 0.305 e. The van der Waals surface area contributed by atoms with Gasteiger partial charge in [-0.1, -0.05) is 26.0 Å². The summed E-state index contributed by atoms with van der Waals surface area (Å²) in [6.07, 6.45) is -0.995. The fourth-order valence-electron chi connectivity index (χ4n) is 2.65. The Kier molecular flexibility index (Phi) is 7.42. The summed E-state index contributed by atoms with van der Waals surface area (Å²) in [5, 5.41) is 11.8. The summed E-state index contributed by atoms with van der Waals surface area (Å²) in [7, 11) is 1.47. The van der Waals surface area contributed by atoms with E-state index in [1.807, 2.05) is 25.1 Å². The van der Waals surface area contributed by atoms with Crippen molar-refractivity contribution in [1.82, 2.24) is 5.32 Å². The second-order valence-electron chi connectivity index (χ2n) is 7.01. The Labute approximate surface area is 149 Å². The lowest BCUT2D eigenvalue weighted by atomic mass is 9.98. The molecule has 2 atom stereocenters. The summed E-state index contributed by atoms with van der Waals surface area (Å²) in [5.74, 6) is -0.452. The van der Waals surface area contributed by atoms with Crippen LogP contribution in [-0.4, -0.2) is 42.3 Å². The molecule has 0 aliphatic rings. The molecule has 0 saturated heterocycles. The third kappa shape index (κ3) is 6.38. The van der Waals surface area contributed by atoms with E-state index < -0.39 is 17.6 Å². The second kappa shape index (κ2) is 8.85. The fourth-order valence-corrected chi connectivity index (χ4v) is 2.65. The third-order valence-electron chi connectivity index (χ3n) is 3.89. The molecule has 2 N–H and O–H groups in total. The maximum Gasteiger partial charge on any atom is 0.305 e. The molecule has 6 heteroatoms. The molecule has 1 rings (SSSR count). The van der Waals surface area contributed by atoms with Crippen molar-refractivity contribution in [3.63, 3.8) is 0 Å². The number of nitrogens with one attached hydrogen (secondary N) is 1. The van der Waals surface area contributed by atoms with Crippen LogP contribution >= 0.6 is 0 Å². The van der Waals surface area contributed by atoms with Crippen LogP contribution in [0.2, 0.25) is 0 Å². The standard InChI is InChI=1S/C19H29NO5/c1-12(2)15-8-7-13(3)9-16(15)25-14(4)18(23)20-19(5,11-24-6)10-17(21)22/h7-9,12,14H,10-11H2,1-6H3,(H,20,23)(H,21,22). The number of benzene rings is 1. The first kappa shape index (κ1) is 21.0. The van der Waals surface area contributed by atoms with Gasteiger partial charge in [0.25, 0.3) is 5.91 Å². The number of aryl methyl sites for hydroxylation is 1. The van der Waals surface area contributed by atoms with Crippen LogP contribution < -0.4 is 10.1 Å². The second-order valence-corrected chi connectivity index (χ2v) is 7.01. The van der Waals surface area contributed by atoms with E-state index >= 15 is 0 Å². The van der Waals surface area contributed by atoms with Crippen LogP contribution in [0.3, 0.4) is 0 Å². The first-order valence-corrected chi connectivity index (χ1v) is 8.38. The Morgan fingerprint density at radius 1 is 1.28 bits per heavy atom. The summed E-state index contributed by atoms with van der Waals surface area (Å²) in [4.78, 5) is 23.6. The number of methoxy groups -OCH3 is 1. The van der Waals surface area contributed by atoms with Gasteiger partial charge in [0.2, 0.25) is 0 Å². The molecule has 1 aromatic carbocycles. The molecule has 6 nitrogen and oxygen atoms in total. The molecular weight excluding hydrogens is 322 g/mol. The van der Waals surface area contributed by atoms with Gasteiger partial charge in [-0.2, -0.15) is 0 Å². The molecule has 0 radical (unpaired) electrons. The number of amides is 1. The predicted molar refractivity (Wildman–Crippen MR) is 96.0 cm³/mol. The van der Waals surface area contributed by atoms with Crippen molar-refractivity contribution in [3.8, 4) is 5.75 Å². The first-order chi connectivity index (χ1) is 11.6. The van der Waals surface area contributed by atoms with Crippen LogP contribution in [-0.2, 0) is 14.3 Å². The molecule has 0 saturated carbocycles. The Morgan fingerprint density at radius 2 is 1.92 bits per heavy atom. The van der Waals surface area contributed by atoms with Crippen LogP contribution in [0.15, 0.2) is 18.2 Å². The third-order valence-corrected chi connectivity index (χ3v) is 3.89. The quantitative estimate of drug-likeness (QED) is 0.714. The average molecular weight is 351 g/mol. The molecule has 2 unspecified atom stereocenters. The normalized spacial score (nSPS) is 14.7. The Balaban J connectivity index is 2.89. The van der Waals surface area contributed by atoms with Gasteiger partial charge in [0, 0.05) is 7.11 Å². The maximum atomic E-state index is 12.5. The molecule has 0 spiro atoms. The number of hydrogen-bond donors (Lipinski definition) is 2. The zero-order valence-corrected chi connectivity index (χ0v) is 15.9. The number of rotatable bonds is 9.